The highest BCUT2D eigenvalue weighted by Gasteiger charge is 2.11. The molecule has 0 fully saturated rings. The standard InChI is InChI=1S/C15H13BrN2O.ClH.H2O/c1-10-9-18(2)15(17-10)14-8-7-13(19-14)11-3-5-12(16)6-4-11;;/h3-9H,1-2H3;1H;1H2. The van der Waals surface area contributed by atoms with Crippen molar-refractivity contribution in [1.29, 1.82) is 0 Å². The first kappa shape index (κ1) is 17.5. The van der Waals surface area contributed by atoms with E-state index >= 15 is 0 Å². The zero-order valence-corrected chi connectivity index (χ0v) is 14.0. The number of halogens is 2. The molecular formula is C15H16BrClN2O2. The van der Waals surface area contributed by atoms with Gasteiger partial charge in [-0.25, -0.2) is 4.98 Å². The van der Waals surface area contributed by atoms with Crippen molar-refractivity contribution in [2.24, 2.45) is 7.05 Å². The summed E-state index contributed by atoms with van der Waals surface area (Å²) in [5.41, 5.74) is 2.04. The first-order chi connectivity index (χ1) is 9.13. The van der Waals surface area contributed by atoms with Gasteiger partial charge in [-0.2, -0.15) is 0 Å². The Morgan fingerprint density at radius 3 is 2.24 bits per heavy atom. The van der Waals surface area contributed by atoms with Gasteiger partial charge in [0.25, 0.3) is 0 Å². The van der Waals surface area contributed by atoms with Crippen LogP contribution in [0.5, 0.6) is 0 Å². The molecule has 6 heteroatoms. The molecule has 4 nitrogen and oxygen atoms in total. The molecule has 0 aliphatic heterocycles. The monoisotopic (exact) mass is 370 g/mol. The maximum absolute atomic E-state index is 5.89. The molecule has 0 spiro atoms. The van der Waals surface area contributed by atoms with Crippen LogP contribution < -0.4 is 0 Å². The molecule has 2 aromatic heterocycles. The summed E-state index contributed by atoms with van der Waals surface area (Å²) in [6.45, 7) is 1.97. The number of hydrogen-bond donors (Lipinski definition) is 0. The van der Waals surface area contributed by atoms with E-state index in [1.54, 1.807) is 0 Å². The number of benzene rings is 1. The molecular weight excluding hydrogens is 356 g/mol. The topological polar surface area (TPSA) is 62.5 Å². The summed E-state index contributed by atoms with van der Waals surface area (Å²) < 4.78 is 8.92. The van der Waals surface area contributed by atoms with Crippen LogP contribution >= 0.6 is 28.3 Å². The summed E-state index contributed by atoms with van der Waals surface area (Å²) in [6, 6.07) is 12.0. The van der Waals surface area contributed by atoms with E-state index in [9.17, 15) is 0 Å². The molecule has 0 radical (unpaired) electrons. The van der Waals surface area contributed by atoms with Crippen LogP contribution in [0.2, 0.25) is 0 Å². The SMILES string of the molecule is Cc1cn(C)c(-c2ccc(-c3ccc(Br)cc3)o2)n1.Cl.O. The van der Waals surface area contributed by atoms with Crippen molar-refractivity contribution in [2.75, 3.05) is 0 Å². The first-order valence-electron chi connectivity index (χ1n) is 5.99. The van der Waals surface area contributed by atoms with Gasteiger partial charge in [-0.3, -0.25) is 0 Å². The number of imidazole rings is 1. The van der Waals surface area contributed by atoms with Crippen LogP contribution in [0.1, 0.15) is 5.69 Å². The fourth-order valence-corrected chi connectivity index (χ4v) is 2.34. The molecule has 0 atom stereocenters. The van der Waals surface area contributed by atoms with Crippen LogP contribution in [0.25, 0.3) is 22.9 Å². The molecule has 2 heterocycles. The summed E-state index contributed by atoms with van der Waals surface area (Å²) in [5.74, 6) is 2.48. The van der Waals surface area contributed by atoms with Crippen molar-refractivity contribution in [3.63, 3.8) is 0 Å². The van der Waals surface area contributed by atoms with E-state index in [-0.39, 0.29) is 17.9 Å². The van der Waals surface area contributed by atoms with Gasteiger partial charge < -0.3 is 14.5 Å². The average Bonchev–Trinajstić information content (AvgIpc) is 2.97. The van der Waals surface area contributed by atoms with Crippen LogP contribution in [0, 0.1) is 6.92 Å². The molecule has 0 bridgehead atoms. The molecule has 0 aliphatic rings. The van der Waals surface area contributed by atoms with Gasteiger partial charge in [-0.05, 0) is 31.2 Å². The Morgan fingerprint density at radius 2 is 1.67 bits per heavy atom. The molecule has 3 rings (SSSR count). The second kappa shape index (κ2) is 6.93. The minimum atomic E-state index is 0. The van der Waals surface area contributed by atoms with Crippen molar-refractivity contribution in [3.05, 3.63) is 52.8 Å². The minimum Gasteiger partial charge on any atom is -0.453 e. The lowest BCUT2D eigenvalue weighted by atomic mass is 10.2. The van der Waals surface area contributed by atoms with Crippen molar-refractivity contribution in [2.45, 2.75) is 6.92 Å². The van der Waals surface area contributed by atoms with Crippen molar-refractivity contribution in [1.82, 2.24) is 9.55 Å². The Labute approximate surface area is 137 Å². The second-order valence-corrected chi connectivity index (χ2v) is 5.40. The van der Waals surface area contributed by atoms with Gasteiger partial charge >= 0.3 is 0 Å². The van der Waals surface area contributed by atoms with Gasteiger partial charge in [0.1, 0.15) is 5.76 Å². The molecule has 2 N–H and O–H groups in total. The number of nitrogens with zero attached hydrogens (tertiary/aromatic N) is 2. The molecule has 21 heavy (non-hydrogen) atoms. The lowest BCUT2D eigenvalue weighted by Crippen LogP contribution is -1.88. The van der Waals surface area contributed by atoms with Crippen LogP contribution in [-0.4, -0.2) is 15.0 Å². The van der Waals surface area contributed by atoms with Crippen molar-refractivity contribution >= 4 is 28.3 Å². The smallest absolute Gasteiger partial charge is 0.176 e. The highest BCUT2D eigenvalue weighted by atomic mass is 79.9. The number of rotatable bonds is 2. The van der Waals surface area contributed by atoms with E-state index in [1.807, 2.05) is 61.1 Å². The number of furan rings is 1. The van der Waals surface area contributed by atoms with Gasteiger partial charge in [0, 0.05) is 23.3 Å². The summed E-state index contributed by atoms with van der Waals surface area (Å²) in [5, 5.41) is 0. The molecule has 112 valence electrons. The quantitative estimate of drug-likeness (QED) is 0.683. The normalized spacial score (nSPS) is 9.86. The third kappa shape index (κ3) is 3.56. The summed E-state index contributed by atoms with van der Waals surface area (Å²) >= 11 is 3.43. The van der Waals surface area contributed by atoms with Gasteiger partial charge in [0.15, 0.2) is 11.6 Å². The molecule has 0 amide bonds. The predicted molar refractivity (Wildman–Crippen MR) is 89.6 cm³/mol. The summed E-state index contributed by atoms with van der Waals surface area (Å²) in [4.78, 5) is 4.46. The summed E-state index contributed by atoms with van der Waals surface area (Å²) in [7, 11) is 1.97. The maximum atomic E-state index is 5.89. The predicted octanol–water partition coefficient (Wildman–Crippen LogP) is 4.02. The third-order valence-corrected chi connectivity index (χ3v) is 3.48. The zero-order chi connectivity index (χ0) is 13.4. The Kier molecular flexibility index (Phi) is 5.78. The van der Waals surface area contributed by atoms with E-state index in [4.69, 9.17) is 4.42 Å². The fourth-order valence-electron chi connectivity index (χ4n) is 2.07. The molecule has 3 aromatic rings. The largest absolute Gasteiger partial charge is 0.453 e. The Morgan fingerprint density at radius 1 is 1.05 bits per heavy atom. The Balaban J connectivity index is 0.00000110. The molecule has 0 aliphatic carbocycles. The number of aromatic nitrogens is 2. The lowest BCUT2D eigenvalue weighted by molar-refractivity contribution is 0.588. The van der Waals surface area contributed by atoms with E-state index in [2.05, 4.69) is 20.9 Å². The Hall–Kier alpha value is -1.56. The summed E-state index contributed by atoms with van der Waals surface area (Å²) in [6.07, 6.45) is 1.98. The first-order valence-corrected chi connectivity index (χ1v) is 6.79. The number of hydrogen-bond acceptors (Lipinski definition) is 2. The van der Waals surface area contributed by atoms with Gasteiger partial charge in [0.2, 0.25) is 0 Å². The molecule has 0 unspecified atom stereocenters. The third-order valence-electron chi connectivity index (χ3n) is 2.95. The maximum Gasteiger partial charge on any atom is 0.176 e. The number of aryl methyl sites for hydroxylation is 2. The zero-order valence-electron chi connectivity index (χ0n) is 11.6. The van der Waals surface area contributed by atoms with E-state index < -0.39 is 0 Å². The lowest BCUT2D eigenvalue weighted by Gasteiger charge is -1.98. The van der Waals surface area contributed by atoms with Gasteiger partial charge in [-0.15, -0.1) is 12.4 Å². The van der Waals surface area contributed by atoms with Gasteiger partial charge in [0.05, 0.1) is 5.69 Å². The van der Waals surface area contributed by atoms with Crippen LogP contribution in [0.4, 0.5) is 0 Å². The van der Waals surface area contributed by atoms with Crippen LogP contribution in [0.3, 0.4) is 0 Å². The molecule has 0 saturated carbocycles. The van der Waals surface area contributed by atoms with Crippen molar-refractivity contribution in [3.8, 4) is 22.9 Å². The average molecular weight is 372 g/mol. The van der Waals surface area contributed by atoms with Crippen molar-refractivity contribution < 1.29 is 9.89 Å². The van der Waals surface area contributed by atoms with E-state index in [1.165, 1.54) is 0 Å². The second-order valence-electron chi connectivity index (χ2n) is 4.49. The van der Waals surface area contributed by atoms with E-state index in [0.717, 1.165) is 33.1 Å². The van der Waals surface area contributed by atoms with Crippen LogP contribution in [0.15, 0.2) is 51.5 Å². The molecule has 1 aromatic carbocycles. The minimum absolute atomic E-state index is 0. The Bertz CT molecular complexity index is 720. The van der Waals surface area contributed by atoms with Gasteiger partial charge in [-0.1, -0.05) is 28.1 Å². The highest BCUT2D eigenvalue weighted by molar-refractivity contribution is 9.10. The highest BCUT2D eigenvalue weighted by Crippen LogP contribution is 2.28. The van der Waals surface area contributed by atoms with Crippen LogP contribution in [-0.2, 0) is 7.05 Å². The molecule has 0 saturated heterocycles. The fraction of sp³-hybridized carbons (Fsp3) is 0.133. The van der Waals surface area contributed by atoms with E-state index in [0.29, 0.717) is 0 Å².